The third kappa shape index (κ3) is 2.89. The Bertz CT molecular complexity index is 827. The van der Waals surface area contributed by atoms with Crippen LogP contribution in [0.25, 0.3) is 16.7 Å². The van der Waals surface area contributed by atoms with E-state index in [-0.39, 0.29) is 5.38 Å². The normalized spacial score (nSPS) is 12.8. The van der Waals surface area contributed by atoms with Crippen LogP contribution in [0.4, 0.5) is 0 Å². The Kier molecular flexibility index (Phi) is 4.37. The average molecular weight is 452 g/mol. The lowest BCUT2D eigenvalue weighted by Gasteiger charge is -2.12. The van der Waals surface area contributed by atoms with Gasteiger partial charge < -0.3 is 0 Å². The number of hydrogen-bond acceptors (Lipinski definition) is 1. The highest BCUT2D eigenvalue weighted by atomic mass is 127. The first-order valence-electron chi connectivity index (χ1n) is 6.25. The van der Waals surface area contributed by atoms with Gasteiger partial charge >= 0.3 is 0 Å². The van der Waals surface area contributed by atoms with Crippen LogP contribution in [0.2, 0.25) is 10.0 Å². The molecule has 21 heavy (non-hydrogen) atoms. The lowest BCUT2D eigenvalue weighted by Crippen LogP contribution is -2.03. The van der Waals surface area contributed by atoms with Gasteiger partial charge in [0, 0.05) is 13.6 Å². The van der Waals surface area contributed by atoms with Crippen LogP contribution in [0.15, 0.2) is 36.4 Å². The van der Waals surface area contributed by atoms with Crippen LogP contribution in [-0.4, -0.2) is 9.55 Å². The second kappa shape index (κ2) is 5.95. The van der Waals surface area contributed by atoms with Gasteiger partial charge in [0.05, 0.1) is 22.1 Å². The van der Waals surface area contributed by atoms with Crippen LogP contribution < -0.4 is 0 Å². The van der Waals surface area contributed by atoms with Crippen molar-refractivity contribution in [3.63, 3.8) is 0 Å². The van der Waals surface area contributed by atoms with Crippen LogP contribution >= 0.6 is 57.4 Å². The lowest BCUT2D eigenvalue weighted by molar-refractivity contribution is 0.880. The van der Waals surface area contributed by atoms with E-state index >= 15 is 0 Å². The summed E-state index contributed by atoms with van der Waals surface area (Å²) in [4.78, 5) is 4.62. The number of halogens is 4. The van der Waals surface area contributed by atoms with Crippen molar-refractivity contribution in [2.75, 3.05) is 0 Å². The summed E-state index contributed by atoms with van der Waals surface area (Å²) < 4.78 is 3.09. The van der Waals surface area contributed by atoms with Crippen molar-refractivity contribution in [1.29, 1.82) is 0 Å². The molecule has 0 spiro atoms. The van der Waals surface area contributed by atoms with Gasteiger partial charge in [-0.2, -0.15) is 0 Å². The number of fused-ring (bicyclic) bond motifs is 1. The molecule has 2 nitrogen and oxygen atoms in total. The summed E-state index contributed by atoms with van der Waals surface area (Å²) in [6.45, 7) is 1.91. The molecule has 1 atom stereocenters. The quantitative estimate of drug-likeness (QED) is 0.333. The second-order valence-electron chi connectivity index (χ2n) is 4.65. The van der Waals surface area contributed by atoms with Crippen molar-refractivity contribution in [2.45, 2.75) is 12.3 Å². The van der Waals surface area contributed by atoms with E-state index < -0.39 is 0 Å². The first-order chi connectivity index (χ1) is 9.97. The molecule has 0 aliphatic rings. The summed E-state index contributed by atoms with van der Waals surface area (Å²) in [5.41, 5.74) is 2.81. The van der Waals surface area contributed by atoms with E-state index in [2.05, 4.69) is 32.1 Å². The summed E-state index contributed by atoms with van der Waals surface area (Å²) in [6, 6.07) is 11.4. The fraction of sp³-hybridized carbons (Fsp3) is 0.133. The molecule has 1 heterocycles. The minimum atomic E-state index is -0.220. The molecule has 108 valence electrons. The van der Waals surface area contributed by atoms with Crippen molar-refractivity contribution >= 4 is 68.4 Å². The first-order valence-corrected chi connectivity index (χ1v) is 8.52. The summed E-state index contributed by atoms with van der Waals surface area (Å²) in [6.07, 6.45) is 0. The zero-order valence-electron chi connectivity index (χ0n) is 10.9. The summed E-state index contributed by atoms with van der Waals surface area (Å²) in [5, 5.41) is 1.14. The molecule has 0 aliphatic heterocycles. The van der Waals surface area contributed by atoms with Crippen molar-refractivity contribution in [3.8, 4) is 5.69 Å². The zero-order valence-corrected chi connectivity index (χ0v) is 15.4. The highest BCUT2D eigenvalue weighted by molar-refractivity contribution is 14.1. The predicted octanol–water partition coefficient (Wildman–Crippen LogP) is 6.24. The van der Waals surface area contributed by atoms with Gasteiger partial charge in [-0.05, 0) is 65.9 Å². The van der Waals surface area contributed by atoms with Crippen LogP contribution in [0.3, 0.4) is 0 Å². The fourth-order valence-electron chi connectivity index (χ4n) is 2.25. The van der Waals surface area contributed by atoms with Gasteiger partial charge in [-0.1, -0.05) is 23.2 Å². The van der Waals surface area contributed by atoms with Gasteiger partial charge in [-0.3, -0.25) is 4.57 Å². The SMILES string of the molecule is CC(Cl)c1nc2cc(Cl)ccc2n1-c1ccc(Cl)cc1I. The highest BCUT2D eigenvalue weighted by Gasteiger charge is 2.18. The molecule has 0 fully saturated rings. The highest BCUT2D eigenvalue weighted by Crippen LogP contribution is 2.32. The van der Waals surface area contributed by atoms with Gasteiger partial charge in [-0.15, -0.1) is 11.6 Å². The van der Waals surface area contributed by atoms with Crippen molar-refractivity contribution < 1.29 is 0 Å². The number of nitrogens with zero attached hydrogens (tertiary/aromatic N) is 2. The zero-order chi connectivity index (χ0) is 15.1. The Morgan fingerprint density at radius 3 is 2.43 bits per heavy atom. The van der Waals surface area contributed by atoms with Gasteiger partial charge in [0.25, 0.3) is 0 Å². The van der Waals surface area contributed by atoms with Crippen LogP contribution in [0.5, 0.6) is 0 Å². The molecule has 2 aromatic carbocycles. The molecular formula is C15H10Cl3IN2. The molecule has 1 unspecified atom stereocenters. The van der Waals surface area contributed by atoms with E-state index in [4.69, 9.17) is 34.8 Å². The average Bonchev–Trinajstić information content (AvgIpc) is 2.77. The van der Waals surface area contributed by atoms with E-state index in [0.717, 1.165) is 26.1 Å². The van der Waals surface area contributed by atoms with Crippen LogP contribution in [0, 0.1) is 3.57 Å². The minimum Gasteiger partial charge on any atom is -0.294 e. The van der Waals surface area contributed by atoms with Gasteiger partial charge in [0.2, 0.25) is 0 Å². The maximum Gasteiger partial charge on any atom is 0.132 e. The summed E-state index contributed by atoms with van der Waals surface area (Å²) in [5.74, 6) is 0.786. The maximum absolute atomic E-state index is 6.31. The molecule has 3 aromatic rings. The van der Waals surface area contributed by atoms with E-state index in [9.17, 15) is 0 Å². The molecular weight excluding hydrogens is 441 g/mol. The van der Waals surface area contributed by atoms with E-state index in [1.54, 1.807) is 0 Å². The Morgan fingerprint density at radius 1 is 1.10 bits per heavy atom. The standard InChI is InChI=1S/C15H10Cl3IN2/c1-8(16)15-20-12-7-10(18)3-5-14(12)21(15)13-4-2-9(17)6-11(13)19/h2-8H,1H3. The molecule has 3 rings (SSSR count). The van der Waals surface area contributed by atoms with Crippen LogP contribution in [0.1, 0.15) is 18.1 Å². The number of imidazole rings is 1. The Labute approximate surface area is 151 Å². The molecule has 0 radical (unpaired) electrons. The summed E-state index contributed by atoms with van der Waals surface area (Å²) >= 11 is 20.7. The molecule has 0 N–H and O–H groups in total. The third-order valence-corrected chi connectivity index (χ3v) is 4.68. The number of aromatic nitrogens is 2. The number of benzene rings is 2. The van der Waals surface area contributed by atoms with Crippen molar-refractivity contribution in [1.82, 2.24) is 9.55 Å². The van der Waals surface area contributed by atoms with E-state index in [0.29, 0.717) is 10.0 Å². The van der Waals surface area contributed by atoms with Crippen LogP contribution in [-0.2, 0) is 0 Å². The van der Waals surface area contributed by atoms with Gasteiger partial charge in [0.1, 0.15) is 5.82 Å². The second-order valence-corrected chi connectivity index (χ2v) is 7.34. The van der Waals surface area contributed by atoms with Gasteiger partial charge in [-0.25, -0.2) is 4.98 Å². The fourth-order valence-corrected chi connectivity index (χ4v) is 3.68. The number of hydrogen-bond donors (Lipinski definition) is 0. The largest absolute Gasteiger partial charge is 0.294 e. The molecule has 0 amide bonds. The lowest BCUT2D eigenvalue weighted by atomic mass is 10.2. The summed E-state index contributed by atoms with van der Waals surface area (Å²) in [7, 11) is 0. The van der Waals surface area contributed by atoms with E-state index in [1.165, 1.54) is 0 Å². The molecule has 6 heteroatoms. The topological polar surface area (TPSA) is 17.8 Å². The number of alkyl halides is 1. The molecule has 0 bridgehead atoms. The Hall–Kier alpha value is -0.490. The molecule has 0 saturated heterocycles. The third-order valence-electron chi connectivity index (χ3n) is 3.15. The molecule has 0 saturated carbocycles. The first kappa shape index (κ1) is 15.4. The monoisotopic (exact) mass is 450 g/mol. The van der Waals surface area contributed by atoms with Crippen molar-refractivity contribution in [3.05, 3.63) is 55.8 Å². The smallest absolute Gasteiger partial charge is 0.132 e. The molecule has 1 aromatic heterocycles. The van der Waals surface area contributed by atoms with Gasteiger partial charge in [0.15, 0.2) is 0 Å². The van der Waals surface area contributed by atoms with Crippen molar-refractivity contribution in [2.24, 2.45) is 0 Å². The minimum absolute atomic E-state index is 0.220. The van der Waals surface area contributed by atoms with E-state index in [1.807, 2.05) is 43.3 Å². The maximum atomic E-state index is 6.31. The number of rotatable bonds is 2. The predicted molar refractivity (Wildman–Crippen MR) is 98.1 cm³/mol. The Morgan fingerprint density at radius 2 is 1.76 bits per heavy atom. The molecule has 0 aliphatic carbocycles. The Balaban J connectivity index is 2.36.